The molecule has 7 heteroatoms. The highest BCUT2D eigenvalue weighted by Crippen LogP contribution is 2.25. The van der Waals surface area contributed by atoms with Crippen molar-refractivity contribution in [2.24, 2.45) is 0 Å². The molecule has 0 fully saturated rings. The van der Waals surface area contributed by atoms with Crippen molar-refractivity contribution in [3.05, 3.63) is 102 Å². The molecule has 0 aliphatic rings. The summed E-state index contributed by atoms with van der Waals surface area (Å²) in [6.45, 7) is 3.44. The van der Waals surface area contributed by atoms with E-state index in [1.54, 1.807) is 24.6 Å². The highest BCUT2D eigenvalue weighted by Gasteiger charge is 2.07. The number of nitrogens with zero attached hydrogens (tertiary/aromatic N) is 3. The van der Waals surface area contributed by atoms with Crippen LogP contribution in [0.2, 0.25) is 0 Å². The Morgan fingerprint density at radius 1 is 0.829 bits per heavy atom. The summed E-state index contributed by atoms with van der Waals surface area (Å²) in [6.07, 6.45) is 3.18. The van der Waals surface area contributed by atoms with E-state index in [0.717, 1.165) is 48.8 Å². The molecule has 0 saturated carbocycles. The van der Waals surface area contributed by atoms with Gasteiger partial charge in [0.1, 0.15) is 17.8 Å². The SMILES string of the molecule is CN(CCN(C)Cc1ccc(C(=O)O)cc1)Cc1ccc(Oc2ccc(-c3ncco3)cc2)cc1. The van der Waals surface area contributed by atoms with E-state index >= 15 is 0 Å². The topological polar surface area (TPSA) is 79.0 Å². The van der Waals surface area contributed by atoms with Gasteiger partial charge in [0, 0.05) is 31.7 Å². The van der Waals surface area contributed by atoms with Crippen LogP contribution < -0.4 is 4.74 Å². The summed E-state index contributed by atoms with van der Waals surface area (Å²) < 4.78 is 11.3. The lowest BCUT2D eigenvalue weighted by Crippen LogP contribution is -2.30. The maximum atomic E-state index is 11.0. The van der Waals surface area contributed by atoms with Crippen molar-refractivity contribution in [2.75, 3.05) is 27.2 Å². The van der Waals surface area contributed by atoms with Gasteiger partial charge in [-0.25, -0.2) is 9.78 Å². The molecule has 3 aromatic carbocycles. The van der Waals surface area contributed by atoms with Crippen molar-refractivity contribution in [3.63, 3.8) is 0 Å². The molecule has 7 nitrogen and oxygen atoms in total. The fraction of sp³-hybridized carbons (Fsp3) is 0.214. The van der Waals surface area contributed by atoms with Crippen molar-refractivity contribution in [1.29, 1.82) is 0 Å². The van der Waals surface area contributed by atoms with Gasteiger partial charge in [0.2, 0.25) is 5.89 Å². The minimum atomic E-state index is -0.899. The van der Waals surface area contributed by atoms with Crippen LogP contribution >= 0.6 is 0 Å². The third-order valence-electron chi connectivity index (χ3n) is 5.66. The largest absolute Gasteiger partial charge is 0.478 e. The number of ether oxygens (including phenoxy) is 1. The molecular formula is C28H29N3O4. The number of carbonyl (C=O) groups is 1. The van der Waals surface area contributed by atoms with Crippen molar-refractivity contribution in [3.8, 4) is 23.0 Å². The molecular weight excluding hydrogens is 442 g/mol. The summed E-state index contributed by atoms with van der Waals surface area (Å²) >= 11 is 0. The number of aromatic nitrogens is 1. The van der Waals surface area contributed by atoms with Gasteiger partial charge in [0.25, 0.3) is 0 Å². The van der Waals surface area contributed by atoms with Crippen molar-refractivity contribution in [2.45, 2.75) is 13.1 Å². The first-order valence-corrected chi connectivity index (χ1v) is 11.4. The Kier molecular flexibility index (Phi) is 7.92. The van der Waals surface area contributed by atoms with Crippen LogP contribution in [0.3, 0.4) is 0 Å². The summed E-state index contributed by atoms with van der Waals surface area (Å²) in [7, 11) is 4.18. The second-order valence-electron chi connectivity index (χ2n) is 8.59. The van der Waals surface area contributed by atoms with Gasteiger partial charge in [-0.2, -0.15) is 0 Å². The van der Waals surface area contributed by atoms with Crippen LogP contribution in [0.1, 0.15) is 21.5 Å². The quantitative estimate of drug-likeness (QED) is 0.314. The number of hydrogen-bond donors (Lipinski definition) is 1. The second-order valence-corrected chi connectivity index (χ2v) is 8.59. The Morgan fingerprint density at radius 2 is 1.34 bits per heavy atom. The van der Waals surface area contributed by atoms with Gasteiger partial charge in [-0.1, -0.05) is 24.3 Å². The Labute approximate surface area is 205 Å². The molecule has 0 bridgehead atoms. The predicted octanol–water partition coefficient (Wildman–Crippen LogP) is 5.40. The van der Waals surface area contributed by atoms with Gasteiger partial charge >= 0.3 is 5.97 Å². The van der Waals surface area contributed by atoms with Crippen molar-refractivity contribution >= 4 is 5.97 Å². The first-order valence-electron chi connectivity index (χ1n) is 11.4. The Hall–Kier alpha value is -3.94. The lowest BCUT2D eigenvalue weighted by atomic mass is 10.1. The molecule has 4 aromatic rings. The van der Waals surface area contributed by atoms with Crippen LogP contribution in [0.5, 0.6) is 11.5 Å². The number of rotatable bonds is 11. The molecule has 4 rings (SSSR count). The highest BCUT2D eigenvalue weighted by molar-refractivity contribution is 5.87. The lowest BCUT2D eigenvalue weighted by Gasteiger charge is -2.22. The van der Waals surface area contributed by atoms with Crippen LogP contribution in [0.4, 0.5) is 0 Å². The molecule has 0 atom stereocenters. The molecule has 1 aromatic heterocycles. The average Bonchev–Trinajstić information content (AvgIpc) is 3.40. The fourth-order valence-corrected chi connectivity index (χ4v) is 3.71. The monoisotopic (exact) mass is 471 g/mol. The van der Waals surface area contributed by atoms with E-state index in [2.05, 4.69) is 41.0 Å². The molecule has 35 heavy (non-hydrogen) atoms. The Balaban J connectivity index is 1.21. The number of carboxylic acid groups (broad SMARTS) is 1. The van der Waals surface area contributed by atoms with Crippen LogP contribution in [-0.4, -0.2) is 53.0 Å². The van der Waals surface area contributed by atoms with E-state index < -0.39 is 5.97 Å². The van der Waals surface area contributed by atoms with Gasteiger partial charge in [0.05, 0.1) is 11.8 Å². The van der Waals surface area contributed by atoms with Gasteiger partial charge in [-0.15, -0.1) is 0 Å². The summed E-state index contributed by atoms with van der Waals surface area (Å²) in [4.78, 5) is 19.6. The molecule has 0 aliphatic heterocycles. The van der Waals surface area contributed by atoms with E-state index in [-0.39, 0.29) is 0 Å². The molecule has 1 heterocycles. The van der Waals surface area contributed by atoms with Crippen LogP contribution in [-0.2, 0) is 13.1 Å². The van der Waals surface area contributed by atoms with E-state index in [1.165, 1.54) is 5.56 Å². The Bertz CT molecular complexity index is 1200. The van der Waals surface area contributed by atoms with Crippen LogP contribution in [0.15, 0.2) is 89.7 Å². The Morgan fingerprint density at radius 3 is 1.83 bits per heavy atom. The van der Waals surface area contributed by atoms with Crippen molar-refractivity contribution in [1.82, 2.24) is 14.8 Å². The molecule has 0 aliphatic carbocycles. The summed E-state index contributed by atoms with van der Waals surface area (Å²) in [5, 5.41) is 9.02. The third kappa shape index (κ3) is 7.02. The zero-order valence-corrected chi connectivity index (χ0v) is 19.9. The molecule has 180 valence electrons. The van der Waals surface area contributed by atoms with Crippen LogP contribution in [0.25, 0.3) is 11.5 Å². The standard InChI is InChI=1S/C28H29N3O4/c1-30(19-21-3-7-24(8-4-21)28(32)33)16-17-31(2)20-22-5-11-25(12-6-22)35-26-13-9-23(10-14-26)27-29-15-18-34-27/h3-15,18H,16-17,19-20H2,1-2H3,(H,32,33). The number of aromatic carboxylic acids is 1. The maximum Gasteiger partial charge on any atom is 0.335 e. The van der Waals surface area contributed by atoms with Gasteiger partial charge in [0.15, 0.2) is 0 Å². The number of benzene rings is 3. The van der Waals surface area contributed by atoms with Gasteiger partial charge in [-0.05, 0) is 73.8 Å². The second kappa shape index (κ2) is 11.5. The molecule has 1 N–H and O–H groups in total. The lowest BCUT2D eigenvalue weighted by molar-refractivity contribution is 0.0697. The molecule has 0 unspecified atom stereocenters. The smallest absolute Gasteiger partial charge is 0.335 e. The van der Waals surface area contributed by atoms with Gasteiger partial charge in [-0.3, -0.25) is 0 Å². The number of hydrogen-bond acceptors (Lipinski definition) is 6. The molecule has 0 saturated heterocycles. The van der Waals surface area contributed by atoms with E-state index in [9.17, 15) is 4.79 Å². The molecule has 0 spiro atoms. The first kappa shape index (κ1) is 24.2. The normalized spacial score (nSPS) is 11.2. The zero-order chi connectivity index (χ0) is 24.6. The first-order chi connectivity index (χ1) is 17.0. The number of likely N-dealkylation sites (N-methyl/N-ethyl adjacent to an activating group) is 2. The van der Waals surface area contributed by atoms with E-state index in [1.807, 2.05) is 48.5 Å². The molecule has 0 radical (unpaired) electrons. The minimum Gasteiger partial charge on any atom is -0.478 e. The summed E-state index contributed by atoms with van der Waals surface area (Å²) in [5.41, 5.74) is 3.53. The minimum absolute atomic E-state index is 0.313. The zero-order valence-electron chi connectivity index (χ0n) is 19.9. The number of carboxylic acids is 1. The van der Waals surface area contributed by atoms with Crippen LogP contribution in [0, 0.1) is 0 Å². The van der Waals surface area contributed by atoms with E-state index in [0.29, 0.717) is 11.5 Å². The van der Waals surface area contributed by atoms with Gasteiger partial charge < -0.3 is 24.1 Å². The highest BCUT2D eigenvalue weighted by atomic mass is 16.5. The average molecular weight is 472 g/mol. The van der Waals surface area contributed by atoms with Crippen molar-refractivity contribution < 1.29 is 19.1 Å². The predicted molar refractivity (Wildman–Crippen MR) is 135 cm³/mol. The van der Waals surface area contributed by atoms with E-state index in [4.69, 9.17) is 14.3 Å². The number of oxazole rings is 1. The third-order valence-corrected chi connectivity index (χ3v) is 5.66. The fourth-order valence-electron chi connectivity index (χ4n) is 3.71. The maximum absolute atomic E-state index is 11.0. The molecule has 0 amide bonds. The summed E-state index contributed by atoms with van der Waals surface area (Å²) in [5.74, 6) is 1.23. The summed E-state index contributed by atoms with van der Waals surface area (Å²) in [6, 6.07) is 22.8.